The number of aryl methyl sites for hydroxylation is 1. The Kier molecular flexibility index (Phi) is 3.97. The van der Waals surface area contributed by atoms with E-state index in [1.54, 1.807) is 37.3 Å². The molecule has 0 N–H and O–H groups in total. The third-order valence-corrected chi connectivity index (χ3v) is 4.48. The molecule has 0 aliphatic heterocycles. The van der Waals surface area contributed by atoms with Crippen molar-refractivity contribution in [3.05, 3.63) is 47.7 Å². The lowest BCUT2D eigenvalue weighted by Gasteiger charge is -2.07. The number of hydrogen-bond acceptors (Lipinski definition) is 3. The van der Waals surface area contributed by atoms with E-state index >= 15 is 0 Å². The normalized spacial score (nSPS) is 11.8. The molecule has 1 aromatic heterocycles. The summed E-state index contributed by atoms with van der Waals surface area (Å²) >= 11 is 0. The highest BCUT2D eigenvalue weighted by molar-refractivity contribution is 7.91. The zero-order valence-corrected chi connectivity index (χ0v) is 13.4. The summed E-state index contributed by atoms with van der Waals surface area (Å²) in [7, 11) is -3.69. The minimum Gasteiger partial charge on any atom is -0.451 e. The molecule has 0 saturated carbocycles. The van der Waals surface area contributed by atoms with Gasteiger partial charge in [0, 0.05) is 11.0 Å². The fourth-order valence-electron chi connectivity index (χ4n) is 1.72. The summed E-state index contributed by atoms with van der Waals surface area (Å²) in [5.41, 5.74) is 0.951. The van der Waals surface area contributed by atoms with Gasteiger partial charge in [0.25, 0.3) is 0 Å². The van der Waals surface area contributed by atoms with E-state index < -0.39 is 9.84 Å². The number of sulfone groups is 1. The van der Waals surface area contributed by atoms with Crippen LogP contribution >= 0.6 is 0 Å². The van der Waals surface area contributed by atoms with E-state index in [0.717, 1.165) is 5.56 Å². The number of benzene rings is 1. The average molecular weight is 302 g/mol. The Bertz CT molecular complexity index is 795. The first-order valence-electron chi connectivity index (χ1n) is 6.63. The van der Waals surface area contributed by atoms with Crippen molar-refractivity contribution in [3.63, 3.8) is 0 Å². The molecule has 0 radical (unpaired) electrons. The van der Waals surface area contributed by atoms with Gasteiger partial charge in [-0.15, -0.1) is 0 Å². The van der Waals surface area contributed by atoms with Crippen LogP contribution < -0.4 is 0 Å². The second-order valence-corrected chi connectivity index (χ2v) is 7.75. The van der Waals surface area contributed by atoms with Crippen LogP contribution in [0.4, 0.5) is 0 Å². The van der Waals surface area contributed by atoms with E-state index in [1.165, 1.54) is 6.26 Å². The Hall–Kier alpha value is -1.99. The zero-order valence-electron chi connectivity index (χ0n) is 12.6. The molecule has 21 heavy (non-hydrogen) atoms. The molecule has 0 aliphatic carbocycles. The van der Waals surface area contributed by atoms with Crippen molar-refractivity contribution in [2.75, 3.05) is 0 Å². The maximum Gasteiger partial charge on any atom is 0.240 e. The highest BCUT2D eigenvalue weighted by atomic mass is 32.2. The molecular weight excluding hydrogens is 284 g/mol. The van der Waals surface area contributed by atoms with Crippen LogP contribution in [-0.2, 0) is 9.84 Å². The maximum atomic E-state index is 12.6. The Morgan fingerprint density at radius 3 is 2.29 bits per heavy atom. The summed E-state index contributed by atoms with van der Waals surface area (Å²) in [4.78, 5) is 0.207. The number of rotatable bonds is 2. The second kappa shape index (κ2) is 5.42. The number of furan rings is 1. The van der Waals surface area contributed by atoms with E-state index in [9.17, 15) is 8.42 Å². The van der Waals surface area contributed by atoms with Crippen molar-refractivity contribution in [1.29, 1.82) is 0 Å². The number of hydrogen-bond donors (Lipinski definition) is 0. The fourth-order valence-corrected chi connectivity index (χ4v) is 3.11. The summed E-state index contributed by atoms with van der Waals surface area (Å²) in [6.07, 6.45) is 1.43. The minimum absolute atomic E-state index is 0.0806. The summed E-state index contributed by atoms with van der Waals surface area (Å²) < 4.78 is 30.6. The summed E-state index contributed by atoms with van der Waals surface area (Å²) in [5.74, 6) is 6.01. The fraction of sp³-hybridized carbons (Fsp3) is 0.294. The first-order chi connectivity index (χ1) is 9.72. The molecule has 0 aliphatic rings. The van der Waals surface area contributed by atoms with Crippen LogP contribution in [0.5, 0.6) is 0 Å². The van der Waals surface area contributed by atoms with Gasteiger partial charge in [-0.1, -0.05) is 30.0 Å². The van der Waals surface area contributed by atoms with Crippen molar-refractivity contribution < 1.29 is 12.8 Å². The molecular formula is C17H18O3S. The largest absolute Gasteiger partial charge is 0.451 e. The average Bonchev–Trinajstić information content (AvgIpc) is 2.78. The quantitative estimate of drug-likeness (QED) is 0.792. The maximum absolute atomic E-state index is 12.6. The van der Waals surface area contributed by atoms with Crippen LogP contribution in [0.3, 0.4) is 0 Å². The van der Waals surface area contributed by atoms with Gasteiger partial charge in [0.2, 0.25) is 14.9 Å². The van der Waals surface area contributed by atoms with Gasteiger partial charge in [-0.3, -0.25) is 0 Å². The molecule has 0 unspecified atom stereocenters. The predicted molar refractivity (Wildman–Crippen MR) is 81.7 cm³/mol. The topological polar surface area (TPSA) is 47.3 Å². The Morgan fingerprint density at radius 1 is 1.10 bits per heavy atom. The van der Waals surface area contributed by atoms with Crippen molar-refractivity contribution in [3.8, 4) is 11.8 Å². The molecule has 0 bridgehead atoms. The molecule has 2 aromatic rings. The van der Waals surface area contributed by atoms with E-state index in [4.69, 9.17) is 4.42 Å². The van der Waals surface area contributed by atoms with Crippen molar-refractivity contribution >= 4 is 9.84 Å². The SMILES string of the molecule is Cc1coc(S(=O)(=O)c2ccccc2)c1C#CC(C)(C)C. The van der Waals surface area contributed by atoms with E-state index in [0.29, 0.717) is 5.56 Å². The third-order valence-electron chi connectivity index (χ3n) is 2.80. The first kappa shape index (κ1) is 15.4. The summed E-state index contributed by atoms with van der Waals surface area (Å²) in [5, 5.41) is -0.0806. The smallest absolute Gasteiger partial charge is 0.240 e. The van der Waals surface area contributed by atoms with Gasteiger partial charge in [-0.05, 0) is 39.8 Å². The lowest BCUT2D eigenvalue weighted by atomic mass is 9.97. The molecule has 1 aromatic carbocycles. The van der Waals surface area contributed by atoms with Crippen molar-refractivity contribution in [2.45, 2.75) is 37.7 Å². The van der Waals surface area contributed by atoms with Gasteiger partial charge in [-0.25, -0.2) is 8.42 Å². The van der Waals surface area contributed by atoms with Gasteiger partial charge < -0.3 is 4.42 Å². The zero-order chi connectivity index (χ0) is 15.7. The molecule has 0 amide bonds. The monoisotopic (exact) mass is 302 g/mol. The molecule has 3 nitrogen and oxygen atoms in total. The van der Waals surface area contributed by atoms with Crippen LogP contribution in [0.2, 0.25) is 0 Å². The van der Waals surface area contributed by atoms with Crippen LogP contribution in [-0.4, -0.2) is 8.42 Å². The molecule has 0 atom stereocenters. The summed E-state index contributed by atoms with van der Waals surface area (Å²) in [6.45, 7) is 7.71. The van der Waals surface area contributed by atoms with Crippen LogP contribution in [0.25, 0.3) is 0 Å². The second-order valence-electron chi connectivity index (χ2n) is 5.90. The van der Waals surface area contributed by atoms with E-state index in [1.807, 2.05) is 20.8 Å². The molecule has 1 heterocycles. The molecule has 0 spiro atoms. The standard InChI is InChI=1S/C17H18O3S/c1-13-12-20-16(15(13)10-11-17(2,3)4)21(18,19)14-8-6-5-7-9-14/h5-9,12H,1-4H3. The lowest BCUT2D eigenvalue weighted by molar-refractivity contribution is 0.448. The van der Waals surface area contributed by atoms with E-state index in [2.05, 4.69) is 11.8 Å². The molecule has 2 rings (SSSR count). The van der Waals surface area contributed by atoms with Gasteiger partial charge >= 0.3 is 0 Å². The Labute approximate surface area is 125 Å². The first-order valence-corrected chi connectivity index (χ1v) is 8.11. The van der Waals surface area contributed by atoms with Gasteiger partial charge in [0.05, 0.1) is 16.7 Å². The molecule has 0 fully saturated rings. The summed E-state index contributed by atoms with van der Waals surface area (Å²) in [6, 6.07) is 8.24. The van der Waals surface area contributed by atoms with Crippen LogP contribution in [0.1, 0.15) is 31.9 Å². The Balaban J connectivity index is 2.59. The molecule has 0 saturated heterocycles. The Morgan fingerprint density at radius 2 is 1.71 bits per heavy atom. The molecule has 4 heteroatoms. The van der Waals surface area contributed by atoms with Crippen LogP contribution in [0, 0.1) is 24.2 Å². The highest BCUT2D eigenvalue weighted by Gasteiger charge is 2.26. The predicted octanol–water partition coefficient (Wildman–Crippen LogP) is 3.82. The minimum atomic E-state index is -3.69. The van der Waals surface area contributed by atoms with Gasteiger partial charge in [-0.2, -0.15) is 0 Å². The third kappa shape index (κ3) is 3.37. The molecule has 110 valence electrons. The van der Waals surface area contributed by atoms with Gasteiger partial charge in [0.15, 0.2) is 0 Å². The van der Waals surface area contributed by atoms with Crippen molar-refractivity contribution in [1.82, 2.24) is 0 Å². The van der Waals surface area contributed by atoms with Gasteiger partial charge in [0.1, 0.15) is 0 Å². The van der Waals surface area contributed by atoms with Crippen molar-refractivity contribution in [2.24, 2.45) is 5.41 Å². The highest BCUT2D eigenvalue weighted by Crippen LogP contribution is 2.27. The lowest BCUT2D eigenvalue weighted by Crippen LogP contribution is -2.04. The van der Waals surface area contributed by atoms with Crippen LogP contribution in [0.15, 0.2) is 51.0 Å². The van der Waals surface area contributed by atoms with E-state index in [-0.39, 0.29) is 15.4 Å².